The van der Waals surface area contributed by atoms with Crippen molar-refractivity contribution in [2.75, 3.05) is 5.43 Å². The first-order valence-electron chi connectivity index (χ1n) is 5.40. The molecule has 0 saturated heterocycles. The molecular weight excluding hydrogens is 268 g/mol. The van der Waals surface area contributed by atoms with Gasteiger partial charge in [-0.25, -0.2) is 13.2 Å². The van der Waals surface area contributed by atoms with Crippen LogP contribution >= 0.6 is 0 Å². The van der Waals surface area contributed by atoms with Gasteiger partial charge < -0.3 is 9.84 Å². The lowest BCUT2D eigenvalue weighted by atomic mass is 10.2. The first-order chi connectivity index (χ1) is 8.97. The third kappa shape index (κ3) is 2.51. The van der Waals surface area contributed by atoms with E-state index in [4.69, 9.17) is 10.3 Å². The summed E-state index contributed by atoms with van der Waals surface area (Å²) in [7, 11) is -3.78. The van der Waals surface area contributed by atoms with E-state index in [-0.39, 0.29) is 10.5 Å². The number of anilines is 1. The van der Waals surface area contributed by atoms with E-state index in [1.54, 1.807) is 19.1 Å². The summed E-state index contributed by atoms with van der Waals surface area (Å²) in [5.41, 5.74) is 2.33. The van der Waals surface area contributed by atoms with E-state index < -0.39 is 15.5 Å². The first-order valence-corrected chi connectivity index (χ1v) is 6.95. The van der Waals surface area contributed by atoms with E-state index in [1.807, 2.05) is 0 Å². The third-order valence-corrected chi connectivity index (χ3v) is 4.02. The Morgan fingerprint density at radius 3 is 2.68 bits per heavy atom. The number of hydrogen-bond donors (Lipinski definition) is 2. The van der Waals surface area contributed by atoms with E-state index in [0.29, 0.717) is 11.1 Å². The van der Waals surface area contributed by atoms with Crippen molar-refractivity contribution >= 4 is 26.5 Å². The molecule has 2 rings (SSSR count). The molecule has 0 bridgehead atoms. The molecule has 1 heterocycles. The number of benzene rings is 1. The number of nitrogens with two attached hydrogens (primary N) is 1. The number of sulfone groups is 1. The molecule has 1 aromatic carbocycles. The van der Waals surface area contributed by atoms with Gasteiger partial charge in [0.25, 0.3) is 0 Å². The Labute approximate surface area is 109 Å². The van der Waals surface area contributed by atoms with Gasteiger partial charge in [0.2, 0.25) is 9.84 Å². The van der Waals surface area contributed by atoms with Crippen molar-refractivity contribution in [2.24, 2.45) is 5.84 Å². The summed E-state index contributed by atoms with van der Waals surface area (Å²) in [6.45, 7) is 1.55. The number of rotatable bonds is 3. The number of nitrogens with one attached hydrogen (secondary N) is 1. The zero-order chi connectivity index (χ0) is 14.0. The lowest BCUT2D eigenvalue weighted by molar-refractivity contribution is 0.534. The number of hydrogen-bond acceptors (Lipinski definition) is 6. The number of nitrogen functional groups attached to an aromatic ring is 1. The van der Waals surface area contributed by atoms with Crippen LogP contribution in [0.5, 0.6) is 0 Å². The Bertz CT molecular complexity index is 806. The molecule has 0 fully saturated rings. The number of hydrazine groups is 1. The van der Waals surface area contributed by atoms with Crippen LogP contribution in [-0.2, 0) is 9.84 Å². The van der Waals surface area contributed by atoms with Gasteiger partial charge in [0.05, 0.1) is 5.69 Å². The summed E-state index contributed by atoms with van der Waals surface area (Å²) in [5.74, 6) is 5.24. The maximum absolute atomic E-state index is 11.8. The maximum Gasteiger partial charge on any atom is 0.355 e. The fraction of sp³-hybridized carbons (Fsp3) is 0.0833. The lowest BCUT2D eigenvalue weighted by Crippen LogP contribution is -2.12. The second-order valence-corrected chi connectivity index (χ2v) is 5.61. The molecule has 2 aromatic rings. The molecule has 0 aliphatic rings. The minimum Gasteiger partial charge on any atom is -0.422 e. The fourth-order valence-electron chi connectivity index (χ4n) is 1.63. The minimum atomic E-state index is -3.78. The molecule has 19 heavy (non-hydrogen) atoms. The van der Waals surface area contributed by atoms with Crippen LogP contribution in [0.25, 0.3) is 11.0 Å². The molecule has 6 nitrogen and oxygen atoms in total. The van der Waals surface area contributed by atoms with Crippen molar-refractivity contribution in [3.8, 4) is 0 Å². The zero-order valence-corrected chi connectivity index (χ0v) is 10.9. The fourth-order valence-corrected chi connectivity index (χ4v) is 2.70. The second kappa shape index (κ2) is 4.87. The van der Waals surface area contributed by atoms with Crippen molar-refractivity contribution in [3.63, 3.8) is 0 Å². The van der Waals surface area contributed by atoms with Crippen LogP contribution in [-0.4, -0.2) is 8.42 Å². The Balaban J connectivity index is 2.74. The molecule has 0 saturated carbocycles. The average molecular weight is 280 g/mol. The molecule has 0 spiro atoms. The Kier molecular flexibility index (Phi) is 3.41. The van der Waals surface area contributed by atoms with Crippen molar-refractivity contribution in [3.05, 3.63) is 46.2 Å². The highest BCUT2D eigenvalue weighted by Crippen LogP contribution is 2.20. The average Bonchev–Trinajstić information content (AvgIpc) is 2.36. The van der Waals surface area contributed by atoms with E-state index >= 15 is 0 Å². The normalized spacial score (nSPS) is 12.1. The van der Waals surface area contributed by atoms with Gasteiger partial charge in [0.15, 0.2) is 4.90 Å². The molecular formula is C12H12N2O4S. The van der Waals surface area contributed by atoms with Gasteiger partial charge in [0.1, 0.15) is 5.58 Å². The van der Waals surface area contributed by atoms with Crippen LogP contribution in [0.1, 0.15) is 6.92 Å². The molecule has 0 amide bonds. The van der Waals surface area contributed by atoms with Gasteiger partial charge in [-0.05, 0) is 25.1 Å². The quantitative estimate of drug-likeness (QED) is 0.500. The molecule has 1 aromatic heterocycles. The molecule has 100 valence electrons. The summed E-state index contributed by atoms with van der Waals surface area (Å²) in [4.78, 5) is 11.3. The van der Waals surface area contributed by atoms with Gasteiger partial charge in [0, 0.05) is 16.9 Å². The van der Waals surface area contributed by atoms with Crippen molar-refractivity contribution in [1.29, 1.82) is 0 Å². The Morgan fingerprint density at radius 2 is 2.05 bits per heavy atom. The van der Waals surface area contributed by atoms with Crippen LogP contribution < -0.4 is 16.9 Å². The molecule has 0 radical (unpaired) electrons. The predicted molar refractivity (Wildman–Crippen MR) is 72.3 cm³/mol. The van der Waals surface area contributed by atoms with Crippen LogP contribution in [0.15, 0.2) is 49.9 Å². The minimum absolute atomic E-state index is 0.264. The number of allylic oxidation sites excluding steroid dienone is 1. The van der Waals surface area contributed by atoms with Crippen LogP contribution in [0.3, 0.4) is 0 Å². The summed E-state index contributed by atoms with van der Waals surface area (Å²) < 4.78 is 28.7. The highest BCUT2D eigenvalue weighted by molar-refractivity contribution is 7.94. The third-order valence-electron chi connectivity index (χ3n) is 2.49. The molecule has 3 N–H and O–H groups in total. The lowest BCUT2D eigenvalue weighted by Gasteiger charge is -2.03. The van der Waals surface area contributed by atoms with Crippen molar-refractivity contribution < 1.29 is 12.8 Å². The largest absolute Gasteiger partial charge is 0.422 e. The molecule has 0 aliphatic heterocycles. The van der Waals surface area contributed by atoms with Crippen LogP contribution in [0, 0.1) is 0 Å². The van der Waals surface area contributed by atoms with Crippen molar-refractivity contribution in [1.82, 2.24) is 0 Å². The maximum atomic E-state index is 11.8. The highest BCUT2D eigenvalue weighted by atomic mass is 32.2. The zero-order valence-electron chi connectivity index (χ0n) is 10.1. The van der Waals surface area contributed by atoms with Gasteiger partial charge in [-0.3, -0.25) is 5.84 Å². The summed E-state index contributed by atoms with van der Waals surface area (Å²) in [6, 6.07) is 6.07. The van der Waals surface area contributed by atoms with Crippen LogP contribution in [0.4, 0.5) is 5.69 Å². The smallest absolute Gasteiger partial charge is 0.355 e. The van der Waals surface area contributed by atoms with Gasteiger partial charge >= 0.3 is 5.63 Å². The van der Waals surface area contributed by atoms with E-state index in [9.17, 15) is 13.2 Å². The second-order valence-electron chi connectivity index (χ2n) is 3.81. The monoisotopic (exact) mass is 280 g/mol. The van der Waals surface area contributed by atoms with Gasteiger partial charge in [-0.15, -0.1) is 0 Å². The predicted octanol–water partition coefficient (Wildman–Crippen LogP) is 1.39. The Morgan fingerprint density at radius 1 is 1.32 bits per heavy atom. The van der Waals surface area contributed by atoms with Crippen molar-refractivity contribution in [2.45, 2.75) is 11.8 Å². The van der Waals surface area contributed by atoms with Crippen LogP contribution in [0.2, 0.25) is 0 Å². The molecule has 0 aliphatic carbocycles. The van der Waals surface area contributed by atoms with Gasteiger partial charge in [-0.2, -0.15) is 0 Å². The molecule has 0 atom stereocenters. The summed E-state index contributed by atoms with van der Waals surface area (Å²) >= 11 is 0. The molecule has 0 unspecified atom stereocenters. The highest BCUT2D eigenvalue weighted by Gasteiger charge is 2.17. The van der Waals surface area contributed by atoms with Gasteiger partial charge in [-0.1, -0.05) is 6.08 Å². The molecule has 7 heteroatoms. The number of fused-ring (bicyclic) bond motifs is 1. The first kappa shape index (κ1) is 13.3. The SMILES string of the molecule is C/C=C/S(=O)(=O)c1cc2ccc(NN)cc2oc1=O. The topological polar surface area (TPSA) is 102 Å². The van der Waals surface area contributed by atoms with E-state index in [2.05, 4.69) is 5.43 Å². The summed E-state index contributed by atoms with van der Waals surface area (Å²) in [5, 5.41) is 1.46. The standard InChI is InChI=1S/C12H12N2O4S/c1-2-5-19(16,17)11-6-8-3-4-9(14-13)7-10(8)18-12(11)15/h2-7,14H,13H2,1H3/b5-2+. The Hall–Kier alpha value is -2.12. The van der Waals surface area contributed by atoms with E-state index in [0.717, 1.165) is 5.41 Å². The van der Waals surface area contributed by atoms with E-state index in [1.165, 1.54) is 18.2 Å². The summed E-state index contributed by atoms with van der Waals surface area (Å²) in [6.07, 6.45) is 1.35.